The third-order valence-electron chi connectivity index (χ3n) is 14.3. The van der Waals surface area contributed by atoms with Crippen LogP contribution in [0.2, 0.25) is 0 Å². The van der Waals surface area contributed by atoms with Crippen LogP contribution >= 0.6 is 22.9 Å². The van der Waals surface area contributed by atoms with Crippen LogP contribution in [0.25, 0.3) is 0 Å². The van der Waals surface area contributed by atoms with Gasteiger partial charge in [0.25, 0.3) is 0 Å². The number of rotatable bonds is 20. The second-order valence-corrected chi connectivity index (χ2v) is 22.0. The summed E-state index contributed by atoms with van der Waals surface area (Å²) in [7, 11) is 0. The number of carbonyl (C=O) groups excluding carboxylic acids is 1. The average molecular weight is 928 g/mol. The van der Waals surface area contributed by atoms with Crippen LogP contribution < -0.4 is 0 Å². The van der Waals surface area contributed by atoms with Crippen molar-refractivity contribution in [1.29, 1.82) is 0 Å². The first kappa shape index (κ1) is 50.6. The van der Waals surface area contributed by atoms with E-state index in [0.717, 1.165) is 111 Å². The molecule has 4 aromatic rings. The van der Waals surface area contributed by atoms with Gasteiger partial charge in [-0.25, -0.2) is 9.59 Å². The lowest BCUT2D eigenvalue weighted by Crippen LogP contribution is -2.36. The summed E-state index contributed by atoms with van der Waals surface area (Å²) >= 11 is 8.13. The predicted octanol–water partition coefficient (Wildman–Crippen LogP) is 13.5. The van der Waals surface area contributed by atoms with E-state index in [-0.39, 0.29) is 34.0 Å². The molecule has 7 rings (SSSR count). The van der Waals surface area contributed by atoms with Gasteiger partial charge < -0.3 is 25.2 Å². The van der Waals surface area contributed by atoms with Gasteiger partial charge in [0.2, 0.25) is 0 Å². The summed E-state index contributed by atoms with van der Waals surface area (Å²) in [5, 5.41) is 40.2. The molecule has 4 N–H and O–H groups in total. The number of aryl methyl sites for hydroxylation is 1. The fourth-order valence-corrected chi connectivity index (χ4v) is 12.0. The molecular weight excluding hydrogens is 856 g/mol. The zero-order chi connectivity index (χ0) is 46.7. The summed E-state index contributed by atoms with van der Waals surface area (Å²) in [5.74, 6) is -0.796. The van der Waals surface area contributed by atoms with E-state index in [1.165, 1.54) is 23.3 Å². The predicted molar refractivity (Wildman–Crippen MR) is 260 cm³/mol. The van der Waals surface area contributed by atoms with Crippen molar-refractivity contribution >= 4 is 40.7 Å². The number of ether oxygens (including phenoxy) is 1. The van der Waals surface area contributed by atoms with E-state index in [1.807, 2.05) is 36.4 Å². The van der Waals surface area contributed by atoms with Crippen LogP contribution in [0.15, 0.2) is 84.9 Å². The molecule has 0 radical (unpaired) electrons. The van der Waals surface area contributed by atoms with E-state index < -0.39 is 24.1 Å². The number of aliphatic hydroxyl groups is 2. The number of hydrogen-bond donors (Lipinski definition) is 4. The number of ketones is 1. The minimum atomic E-state index is -0.956. The molecule has 7 atom stereocenters. The molecule has 0 spiro atoms. The van der Waals surface area contributed by atoms with Gasteiger partial charge in [0.15, 0.2) is 0 Å². The molecule has 352 valence electrons. The van der Waals surface area contributed by atoms with Crippen LogP contribution in [0.5, 0.6) is 0 Å². The molecule has 0 amide bonds. The second-order valence-electron chi connectivity index (χ2n) is 20.3. The molecule has 1 heterocycles. The van der Waals surface area contributed by atoms with Crippen molar-refractivity contribution in [2.75, 3.05) is 6.61 Å². The Hall–Kier alpha value is -3.86. The van der Waals surface area contributed by atoms with Crippen LogP contribution in [-0.2, 0) is 22.6 Å². The number of Topliss-reactive ketones (excluding diaryl/α,β-unsaturated/α-hetero) is 1. The molecule has 1 aromatic heterocycles. The SMILES string of the molecule is CC(C)(C)CCCC(O)c1ccc(C2C(Cl)CCC2CCCc2ccc(C(=O)O)s2)cc1.CCCC1(C(O)c2cccc(C3C(=O)CCC3COCc3cccc(C(=O)O)c3)c2)CCC1. The Labute approximate surface area is 395 Å². The van der Waals surface area contributed by atoms with Crippen LogP contribution in [0.1, 0.15) is 194 Å². The van der Waals surface area contributed by atoms with Crippen molar-refractivity contribution in [3.8, 4) is 0 Å². The van der Waals surface area contributed by atoms with Crippen molar-refractivity contribution in [2.24, 2.45) is 22.7 Å². The maximum Gasteiger partial charge on any atom is 0.345 e. The van der Waals surface area contributed by atoms with Crippen molar-refractivity contribution < 1.29 is 39.5 Å². The fourth-order valence-electron chi connectivity index (χ4n) is 10.7. The van der Waals surface area contributed by atoms with E-state index in [2.05, 4.69) is 52.0 Å². The van der Waals surface area contributed by atoms with Crippen molar-refractivity contribution in [1.82, 2.24) is 0 Å². The molecule has 3 aromatic carbocycles. The Morgan fingerprint density at radius 1 is 0.862 bits per heavy atom. The first-order chi connectivity index (χ1) is 31.1. The lowest BCUT2D eigenvalue weighted by Gasteiger charge is -2.46. The van der Waals surface area contributed by atoms with Gasteiger partial charge in [0, 0.05) is 33.9 Å². The maximum absolute atomic E-state index is 12.8. The smallest absolute Gasteiger partial charge is 0.345 e. The highest BCUT2D eigenvalue weighted by Gasteiger charge is 2.44. The normalized spacial score (nSPS) is 22.4. The molecule has 0 saturated heterocycles. The molecule has 3 aliphatic carbocycles. The number of thiophene rings is 1. The Morgan fingerprint density at radius 3 is 2.28 bits per heavy atom. The highest BCUT2D eigenvalue weighted by molar-refractivity contribution is 7.13. The number of aromatic carboxylic acids is 2. The summed E-state index contributed by atoms with van der Waals surface area (Å²) in [6, 6.07) is 26.9. The molecule has 10 heteroatoms. The summed E-state index contributed by atoms with van der Waals surface area (Å²) in [5.41, 5.74) is 5.51. The number of carboxylic acid groups (broad SMARTS) is 2. The van der Waals surface area contributed by atoms with Gasteiger partial charge in [-0.2, -0.15) is 0 Å². The zero-order valence-electron chi connectivity index (χ0n) is 38.9. The van der Waals surface area contributed by atoms with Crippen molar-refractivity contribution in [3.05, 3.63) is 128 Å². The number of carboxylic acids is 2. The van der Waals surface area contributed by atoms with Crippen LogP contribution in [0.3, 0.4) is 0 Å². The number of carbonyl (C=O) groups is 3. The van der Waals surface area contributed by atoms with Gasteiger partial charge in [-0.3, -0.25) is 4.79 Å². The Bertz CT molecular complexity index is 2170. The van der Waals surface area contributed by atoms with Gasteiger partial charge in [-0.15, -0.1) is 22.9 Å². The third kappa shape index (κ3) is 13.6. The van der Waals surface area contributed by atoms with Gasteiger partial charge in [-0.1, -0.05) is 108 Å². The van der Waals surface area contributed by atoms with Crippen molar-refractivity contribution in [3.63, 3.8) is 0 Å². The first-order valence-corrected chi connectivity index (χ1v) is 25.3. The topological polar surface area (TPSA) is 141 Å². The molecule has 8 nitrogen and oxygen atoms in total. The largest absolute Gasteiger partial charge is 0.478 e. The standard InChI is InChI=1S/C28H34O5.C27H37ClO3S/c1-2-12-28(13-5-14-28)26(30)21-8-4-7-20(16-21)25-23(10-11-24(25)29)18-33-17-19-6-3-9-22(15-19)27(31)32;1-27(2,3)17-5-8-23(29)18-9-11-20(12-10-18)25-19(13-15-22(25)28)6-4-7-21-14-16-24(32-21)26(30)31/h3-4,6-9,15-16,23,25-26,30H,2,5,10-14,17-18H2,1H3,(H,31,32);9-12,14,16,19,22-23,25,29H,4-8,13,15,17H2,1-3H3,(H,30,31). The Morgan fingerprint density at radius 2 is 1.62 bits per heavy atom. The number of aliphatic hydroxyl groups excluding tert-OH is 2. The van der Waals surface area contributed by atoms with E-state index in [9.17, 15) is 24.6 Å². The average Bonchev–Trinajstić information content (AvgIpc) is 4.00. The van der Waals surface area contributed by atoms with Gasteiger partial charge in [0.05, 0.1) is 31.0 Å². The Kier molecular flexibility index (Phi) is 18.1. The minimum absolute atomic E-state index is 0.0138. The van der Waals surface area contributed by atoms with E-state index in [0.29, 0.717) is 41.8 Å². The number of benzene rings is 3. The molecule has 7 unspecified atom stereocenters. The molecule has 3 fully saturated rings. The monoisotopic (exact) mass is 926 g/mol. The van der Waals surface area contributed by atoms with Gasteiger partial charge in [-0.05, 0) is 140 Å². The third-order valence-corrected chi connectivity index (χ3v) is 15.9. The van der Waals surface area contributed by atoms with E-state index in [4.69, 9.17) is 26.6 Å². The number of alkyl halides is 1. The first-order valence-electron chi connectivity index (χ1n) is 24.0. The summed E-state index contributed by atoms with van der Waals surface area (Å²) in [6.45, 7) is 9.65. The highest BCUT2D eigenvalue weighted by atomic mass is 35.5. The molecule has 0 aliphatic heterocycles. The van der Waals surface area contributed by atoms with Crippen LogP contribution in [-0.4, -0.2) is 50.1 Å². The van der Waals surface area contributed by atoms with Gasteiger partial charge in [0.1, 0.15) is 10.7 Å². The van der Waals surface area contributed by atoms with E-state index >= 15 is 0 Å². The van der Waals surface area contributed by atoms with Crippen molar-refractivity contribution in [2.45, 2.75) is 160 Å². The molecule has 3 aliphatic rings. The van der Waals surface area contributed by atoms with E-state index in [1.54, 1.807) is 24.3 Å². The second kappa shape index (κ2) is 23.2. The maximum atomic E-state index is 12.8. The zero-order valence-corrected chi connectivity index (χ0v) is 40.4. The minimum Gasteiger partial charge on any atom is -0.478 e. The lowest BCUT2D eigenvalue weighted by atomic mass is 9.61. The molecule has 3 saturated carbocycles. The summed E-state index contributed by atoms with van der Waals surface area (Å²) in [4.78, 5) is 36.6. The quantitative estimate of drug-likeness (QED) is 0.0642. The summed E-state index contributed by atoms with van der Waals surface area (Å²) in [6.07, 6.45) is 14.0. The Balaban J connectivity index is 0.000000216. The summed E-state index contributed by atoms with van der Waals surface area (Å²) < 4.78 is 5.93. The molecular formula is C55H71ClO8S. The van der Waals surface area contributed by atoms with Crippen LogP contribution in [0, 0.1) is 22.7 Å². The number of halogens is 1. The lowest BCUT2D eigenvalue weighted by molar-refractivity contribution is -0.119. The number of hydrogen-bond acceptors (Lipinski definition) is 7. The molecule has 0 bridgehead atoms. The fraction of sp³-hybridized carbons (Fsp3) is 0.545. The molecule has 65 heavy (non-hydrogen) atoms. The van der Waals surface area contributed by atoms with Gasteiger partial charge >= 0.3 is 11.9 Å². The highest BCUT2D eigenvalue weighted by Crippen LogP contribution is 2.54. The van der Waals surface area contributed by atoms with Crippen LogP contribution in [0.4, 0.5) is 0 Å².